The van der Waals surface area contributed by atoms with Gasteiger partial charge in [-0.05, 0) is 65.0 Å². The zero-order chi connectivity index (χ0) is 21.1. The van der Waals surface area contributed by atoms with Gasteiger partial charge in [-0.1, -0.05) is 6.07 Å². The number of carbonyl (C=O) groups is 1. The molecule has 2 unspecified atom stereocenters. The molecule has 0 radical (unpaired) electrons. The van der Waals surface area contributed by atoms with Crippen LogP contribution in [0.15, 0.2) is 24.5 Å². The molecule has 3 heterocycles. The Hall–Kier alpha value is -1.96. The van der Waals surface area contributed by atoms with Crippen LogP contribution in [0.3, 0.4) is 0 Å². The number of piperidine rings is 1. The molecule has 1 saturated heterocycles. The lowest BCUT2D eigenvalue weighted by molar-refractivity contribution is -0.236. The smallest absolute Gasteiger partial charge is 0.224 e. The Kier molecular flexibility index (Phi) is 4.76. The van der Waals surface area contributed by atoms with Crippen molar-refractivity contribution >= 4 is 11.4 Å². The van der Waals surface area contributed by atoms with Gasteiger partial charge in [-0.2, -0.15) is 0 Å². The van der Waals surface area contributed by atoms with E-state index in [1.165, 1.54) is 0 Å². The third-order valence-electron chi connectivity index (χ3n) is 6.07. The highest BCUT2D eigenvalue weighted by Gasteiger charge is 2.60. The van der Waals surface area contributed by atoms with Crippen molar-refractivity contribution in [3.63, 3.8) is 0 Å². The fraction of sp³-hybridized carbons (Fsp3) is 0.636. The normalized spacial score (nSPS) is 25.8. The molecule has 2 N–H and O–H groups in total. The number of likely N-dealkylation sites (tertiary alicyclic amines) is 1. The quantitative estimate of drug-likeness (QED) is 0.753. The highest BCUT2D eigenvalue weighted by Crippen LogP contribution is 2.52. The van der Waals surface area contributed by atoms with Gasteiger partial charge in [0.2, 0.25) is 12.3 Å². The van der Waals surface area contributed by atoms with Crippen molar-refractivity contribution in [1.82, 2.24) is 19.6 Å². The number of amides is 1. The van der Waals surface area contributed by atoms with E-state index in [0.29, 0.717) is 13.1 Å². The highest BCUT2D eigenvalue weighted by atomic mass is 16.6. The average molecular weight is 401 g/mol. The number of rotatable bonds is 5. The van der Waals surface area contributed by atoms with Crippen LogP contribution in [-0.2, 0) is 15.1 Å². The highest BCUT2D eigenvalue weighted by molar-refractivity contribution is 5.83. The lowest BCUT2D eigenvalue weighted by atomic mass is 10.0. The van der Waals surface area contributed by atoms with Crippen molar-refractivity contribution in [2.75, 3.05) is 13.1 Å². The first-order valence-corrected chi connectivity index (χ1v) is 10.3. The van der Waals surface area contributed by atoms with Gasteiger partial charge in [-0.3, -0.25) is 9.69 Å². The van der Waals surface area contributed by atoms with Crippen LogP contribution >= 0.6 is 0 Å². The summed E-state index contributed by atoms with van der Waals surface area (Å²) in [7, 11) is 0. The SMILES string of the molecule is Cc1cccn2c(C(C)(C)NC(=O)C3[C@H]4CN(C(O)OC(C)(C)C)C[C@@H]34)ncc12. The van der Waals surface area contributed by atoms with Crippen molar-refractivity contribution in [3.8, 4) is 0 Å². The minimum Gasteiger partial charge on any atom is -0.356 e. The first-order valence-electron chi connectivity index (χ1n) is 10.3. The maximum atomic E-state index is 13.0. The number of imidazole rings is 1. The van der Waals surface area contributed by atoms with Crippen molar-refractivity contribution in [1.29, 1.82) is 0 Å². The summed E-state index contributed by atoms with van der Waals surface area (Å²) in [5, 5.41) is 13.5. The van der Waals surface area contributed by atoms with Crippen molar-refractivity contribution in [3.05, 3.63) is 35.9 Å². The zero-order valence-corrected chi connectivity index (χ0v) is 18.1. The maximum absolute atomic E-state index is 13.0. The van der Waals surface area contributed by atoms with Crippen LogP contribution in [0.5, 0.6) is 0 Å². The number of carbonyl (C=O) groups excluding carboxylic acids is 1. The fourth-order valence-corrected chi connectivity index (χ4v) is 4.59. The summed E-state index contributed by atoms with van der Waals surface area (Å²) < 4.78 is 7.68. The molecule has 0 aromatic carbocycles. The Bertz CT molecular complexity index is 918. The van der Waals surface area contributed by atoms with Gasteiger partial charge in [-0.15, -0.1) is 0 Å². The van der Waals surface area contributed by atoms with Gasteiger partial charge in [0.05, 0.1) is 22.9 Å². The van der Waals surface area contributed by atoms with Gasteiger partial charge in [-0.25, -0.2) is 4.98 Å². The summed E-state index contributed by atoms with van der Waals surface area (Å²) in [6, 6.07) is 4.05. The second-order valence-corrected chi connectivity index (χ2v) is 10.0. The van der Waals surface area contributed by atoms with E-state index >= 15 is 0 Å². The van der Waals surface area contributed by atoms with Gasteiger partial charge in [0.1, 0.15) is 5.82 Å². The van der Waals surface area contributed by atoms with E-state index in [1.807, 2.05) is 62.4 Å². The molecule has 7 heteroatoms. The first kappa shape index (κ1) is 20.3. The largest absolute Gasteiger partial charge is 0.356 e. The minimum absolute atomic E-state index is 0.000300. The van der Waals surface area contributed by atoms with Gasteiger partial charge < -0.3 is 19.6 Å². The lowest BCUT2D eigenvalue weighted by Gasteiger charge is -2.31. The van der Waals surface area contributed by atoms with E-state index in [0.717, 1.165) is 16.9 Å². The molecule has 7 nitrogen and oxygen atoms in total. The summed E-state index contributed by atoms with van der Waals surface area (Å²) in [6.07, 6.45) is 2.93. The summed E-state index contributed by atoms with van der Waals surface area (Å²) in [6.45, 7) is 13.2. The molecule has 4 atom stereocenters. The topological polar surface area (TPSA) is 79.1 Å². The Morgan fingerprint density at radius 3 is 2.55 bits per heavy atom. The number of aryl methyl sites for hydroxylation is 1. The number of hydrogen-bond donors (Lipinski definition) is 2. The Morgan fingerprint density at radius 1 is 1.28 bits per heavy atom. The number of hydrogen-bond acceptors (Lipinski definition) is 5. The van der Waals surface area contributed by atoms with Crippen LogP contribution in [0.25, 0.3) is 5.52 Å². The standard InChI is InChI=1S/C22H32N4O3/c1-13-8-7-9-26-16(13)10-23-19(26)22(5,6)24-18(27)17-14-11-25(12-15(14)17)20(28)29-21(2,3)4/h7-10,14-15,17,20,28H,11-12H2,1-6H3,(H,24,27)/t14-,15+,17?,20?. The van der Waals surface area contributed by atoms with Crippen LogP contribution in [0, 0.1) is 24.7 Å². The molecular weight excluding hydrogens is 368 g/mol. The first-order chi connectivity index (χ1) is 13.5. The Labute approximate surface area is 172 Å². The third kappa shape index (κ3) is 3.79. The molecule has 29 heavy (non-hydrogen) atoms. The number of aromatic nitrogens is 2. The molecule has 2 fully saturated rings. The zero-order valence-electron chi connectivity index (χ0n) is 18.1. The second-order valence-electron chi connectivity index (χ2n) is 10.0. The molecule has 4 rings (SSSR count). The van der Waals surface area contributed by atoms with Crippen molar-refractivity contribution in [2.45, 2.75) is 59.1 Å². The van der Waals surface area contributed by atoms with Gasteiger partial charge in [0, 0.05) is 25.2 Å². The van der Waals surface area contributed by atoms with E-state index in [9.17, 15) is 9.90 Å². The molecule has 1 aliphatic heterocycles. The molecule has 1 aliphatic carbocycles. The predicted molar refractivity (Wildman–Crippen MR) is 110 cm³/mol. The van der Waals surface area contributed by atoms with Crippen LogP contribution in [-0.4, -0.2) is 50.4 Å². The molecule has 0 bridgehead atoms. The van der Waals surface area contributed by atoms with E-state index in [2.05, 4.69) is 23.3 Å². The molecule has 2 aliphatic rings. The molecule has 2 aromatic heterocycles. The van der Waals surface area contributed by atoms with Crippen molar-refractivity contribution in [2.24, 2.45) is 17.8 Å². The molecular formula is C22H32N4O3. The van der Waals surface area contributed by atoms with Crippen LogP contribution < -0.4 is 5.32 Å². The van der Waals surface area contributed by atoms with E-state index in [-0.39, 0.29) is 23.7 Å². The average Bonchev–Trinajstić information content (AvgIpc) is 2.96. The lowest BCUT2D eigenvalue weighted by Crippen LogP contribution is -2.46. The second kappa shape index (κ2) is 6.79. The summed E-state index contributed by atoms with van der Waals surface area (Å²) in [5.41, 5.74) is 1.22. The van der Waals surface area contributed by atoms with Crippen molar-refractivity contribution < 1.29 is 14.6 Å². The molecule has 0 spiro atoms. The van der Waals surface area contributed by atoms with E-state index < -0.39 is 17.6 Å². The van der Waals surface area contributed by atoms with Gasteiger partial charge in [0.25, 0.3) is 0 Å². The van der Waals surface area contributed by atoms with E-state index in [4.69, 9.17) is 4.74 Å². The molecule has 1 amide bonds. The number of nitrogens with zero attached hydrogens (tertiary/aromatic N) is 3. The predicted octanol–water partition coefficient (Wildman–Crippen LogP) is 2.26. The Morgan fingerprint density at radius 2 is 1.93 bits per heavy atom. The maximum Gasteiger partial charge on any atom is 0.224 e. The minimum atomic E-state index is -0.914. The van der Waals surface area contributed by atoms with Gasteiger partial charge in [0.15, 0.2) is 0 Å². The summed E-state index contributed by atoms with van der Waals surface area (Å²) in [4.78, 5) is 19.5. The van der Waals surface area contributed by atoms with Crippen LogP contribution in [0.2, 0.25) is 0 Å². The van der Waals surface area contributed by atoms with Crippen LogP contribution in [0.4, 0.5) is 0 Å². The van der Waals surface area contributed by atoms with E-state index in [1.54, 1.807) is 0 Å². The molecule has 1 saturated carbocycles. The summed E-state index contributed by atoms with van der Waals surface area (Å²) >= 11 is 0. The summed E-state index contributed by atoms with van der Waals surface area (Å²) in [5.74, 6) is 1.46. The third-order valence-corrected chi connectivity index (χ3v) is 6.07. The number of fused-ring (bicyclic) bond motifs is 2. The number of aliphatic hydroxyl groups is 1. The number of nitrogens with one attached hydrogen (secondary N) is 1. The molecule has 2 aromatic rings. The Balaban J connectivity index is 1.39. The van der Waals surface area contributed by atoms with Gasteiger partial charge >= 0.3 is 0 Å². The fourth-order valence-electron chi connectivity index (χ4n) is 4.59. The monoisotopic (exact) mass is 400 g/mol. The number of ether oxygens (including phenoxy) is 1. The number of aliphatic hydroxyl groups excluding tert-OH is 1. The number of pyridine rings is 1. The van der Waals surface area contributed by atoms with Crippen LogP contribution in [0.1, 0.15) is 46.0 Å². The molecule has 158 valence electrons.